The maximum absolute atomic E-state index is 12.1. The number of halogens is 1. The van der Waals surface area contributed by atoms with Crippen LogP contribution in [-0.2, 0) is 11.2 Å². The number of nitrogens with one attached hydrogen (secondary N) is 2. The molecule has 0 aliphatic rings. The molecule has 0 unspecified atom stereocenters. The Morgan fingerprint density at radius 2 is 2.04 bits per heavy atom. The van der Waals surface area contributed by atoms with E-state index in [9.17, 15) is 4.79 Å². The molecule has 0 aliphatic heterocycles. The molecule has 1 aromatic rings. The van der Waals surface area contributed by atoms with Crippen LogP contribution < -0.4 is 10.6 Å². The monoisotopic (exact) mass is 480 g/mol. The minimum atomic E-state index is -0.486. The Labute approximate surface area is 174 Å². The summed E-state index contributed by atoms with van der Waals surface area (Å²) < 4.78 is 10.7. The summed E-state index contributed by atoms with van der Waals surface area (Å²) in [4.78, 5) is 18.3. The number of hydrogen-bond donors (Lipinski definition) is 2. The van der Waals surface area contributed by atoms with Crippen LogP contribution in [0.4, 0.5) is 4.79 Å². The van der Waals surface area contributed by atoms with Crippen molar-refractivity contribution in [3.05, 3.63) is 24.2 Å². The summed E-state index contributed by atoms with van der Waals surface area (Å²) in [6.07, 6.45) is 2.12. The largest absolute Gasteiger partial charge is 0.469 e. The Morgan fingerprint density at radius 1 is 1.31 bits per heavy atom. The number of ether oxygens (including phenoxy) is 1. The van der Waals surface area contributed by atoms with Crippen molar-refractivity contribution in [1.29, 1.82) is 0 Å². The van der Waals surface area contributed by atoms with Crippen molar-refractivity contribution in [2.24, 2.45) is 4.99 Å². The maximum atomic E-state index is 12.1. The van der Waals surface area contributed by atoms with Gasteiger partial charge >= 0.3 is 6.09 Å². The quantitative estimate of drug-likeness (QED) is 0.339. The Balaban J connectivity index is 0.00000625. The van der Waals surface area contributed by atoms with Gasteiger partial charge in [-0.15, -0.1) is 24.0 Å². The number of nitrogens with zero attached hydrogens (tertiary/aromatic N) is 2. The van der Waals surface area contributed by atoms with E-state index in [1.165, 1.54) is 0 Å². The fourth-order valence-electron chi connectivity index (χ4n) is 2.09. The molecule has 26 heavy (non-hydrogen) atoms. The predicted molar refractivity (Wildman–Crippen MR) is 115 cm³/mol. The lowest BCUT2D eigenvalue weighted by molar-refractivity contribution is 0.0264. The van der Waals surface area contributed by atoms with Crippen LogP contribution in [0.1, 0.15) is 40.4 Å². The summed E-state index contributed by atoms with van der Waals surface area (Å²) in [5, 5.41) is 6.44. The Kier molecular flexibility index (Phi) is 12.1. The van der Waals surface area contributed by atoms with Gasteiger partial charge in [0.25, 0.3) is 0 Å². The summed E-state index contributed by atoms with van der Waals surface area (Å²) >= 11 is 0. The summed E-state index contributed by atoms with van der Waals surface area (Å²) in [6, 6.07) is 3.81. The van der Waals surface area contributed by atoms with E-state index in [0.717, 1.165) is 24.7 Å². The van der Waals surface area contributed by atoms with Crippen molar-refractivity contribution in [1.82, 2.24) is 15.5 Å². The normalized spacial score (nSPS) is 11.5. The van der Waals surface area contributed by atoms with Crippen molar-refractivity contribution in [3.8, 4) is 0 Å². The second kappa shape index (κ2) is 12.8. The van der Waals surface area contributed by atoms with Gasteiger partial charge in [-0.3, -0.25) is 4.99 Å². The van der Waals surface area contributed by atoms with Crippen molar-refractivity contribution in [2.75, 3.05) is 32.7 Å². The highest BCUT2D eigenvalue weighted by Crippen LogP contribution is 2.09. The molecule has 1 rings (SSSR count). The molecule has 8 heteroatoms. The van der Waals surface area contributed by atoms with Crippen LogP contribution in [0.15, 0.2) is 27.8 Å². The van der Waals surface area contributed by atoms with Crippen LogP contribution in [0, 0.1) is 0 Å². The molecule has 0 aromatic carbocycles. The van der Waals surface area contributed by atoms with E-state index >= 15 is 0 Å². The number of furan rings is 1. The van der Waals surface area contributed by atoms with E-state index < -0.39 is 5.60 Å². The van der Waals surface area contributed by atoms with Gasteiger partial charge in [0.05, 0.1) is 6.26 Å². The molecule has 0 radical (unpaired) electrons. The predicted octanol–water partition coefficient (Wildman–Crippen LogP) is 3.25. The Morgan fingerprint density at radius 3 is 2.58 bits per heavy atom. The van der Waals surface area contributed by atoms with Gasteiger partial charge in [-0.1, -0.05) is 0 Å². The van der Waals surface area contributed by atoms with E-state index in [2.05, 4.69) is 15.6 Å². The zero-order valence-electron chi connectivity index (χ0n) is 16.5. The number of likely N-dealkylation sites (N-methyl/N-ethyl adjacent to an activating group) is 1. The molecule has 1 aromatic heterocycles. The van der Waals surface area contributed by atoms with Gasteiger partial charge in [0.2, 0.25) is 0 Å². The van der Waals surface area contributed by atoms with Crippen LogP contribution in [0.25, 0.3) is 0 Å². The van der Waals surface area contributed by atoms with Crippen LogP contribution in [0.2, 0.25) is 0 Å². The van der Waals surface area contributed by atoms with E-state index in [4.69, 9.17) is 9.15 Å². The van der Waals surface area contributed by atoms with Gasteiger partial charge in [-0.05, 0) is 46.8 Å². The van der Waals surface area contributed by atoms with E-state index in [1.54, 1.807) is 11.2 Å². The first kappa shape index (κ1) is 24.6. The van der Waals surface area contributed by atoms with E-state index in [1.807, 2.05) is 46.8 Å². The first-order chi connectivity index (χ1) is 11.9. The van der Waals surface area contributed by atoms with E-state index in [-0.39, 0.29) is 30.1 Å². The zero-order chi connectivity index (χ0) is 18.7. The molecule has 7 nitrogen and oxygen atoms in total. The van der Waals surface area contributed by atoms with Crippen LogP contribution in [0.3, 0.4) is 0 Å². The van der Waals surface area contributed by atoms with Gasteiger partial charge in [0.15, 0.2) is 5.96 Å². The highest BCUT2D eigenvalue weighted by molar-refractivity contribution is 14.0. The summed E-state index contributed by atoms with van der Waals surface area (Å²) in [6.45, 7) is 12.7. The summed E-state index contributed by atoms with van der Waals surface area (Å²) in [5.41, 5.74) is -0.486. The van der Waals surface area contributed by atoms with Crippen LogP contribution in [0.5, 0.6) is 0 Å². The number of hydrogen-bond acceptors (Lipinski definition) is 4. The van der Waals surface area contributed by atoms with Crippen molar-refractivity contribution in [2.45, 2.75) is 46.6 Å². The van der Waals surface area contributed by atoms with Gasteiger partial charge in [-0.25, -0.2) is 4.79 Å². The van der Waals surface area contributed by atoms with Gasteiger partial charge in [0, 0.05) is 39.1 Å². The molecule has 0 spiro atoms. The van der Waals surface area contributed by atoms with Crippen molar-refractivity contribution < 1.29 is 13.9 Å². The smallest absolute Gasteiger partial charge is 0.410 e. The lowest BCUT2D eigenvalue weighted by atomic mass is 10.2. The molecule has 0 saturated heterocycles. The van der Waals surface area contributed by atoms with Crippen molar-refractivity contribution >= 4 is 36.0 Å². The molecule has 0 saturated carbocycles. The van der Waals surface area contributed by atoms with Crippen LogP contribution in [-0.4, -0.2) is 55.3 Å². The molecule has 2 N–H and O–H groups in total. The van der Waals surface area contributed by atoms with Gasteiger partial charge in [0.1, 0.15) is 11.4 Å². The summed E-state index contributed by atoms with van der Waals surface area (Å²) in [7, 11) is 0. The SMILES string of the molecule is CCNC(=NCCc1ccco1)NCCN(CC)C(=O)OC(C)(C)C.I. The third-order valence-electron chi connectivity index (χ3n) is 3.26. The molecular formula is C18H33IN4O3. The first-order valence-electron chi connectivity index (χ1n) is 8.88. The van der Waals surface area contributed by atoms with Gasteiger partial charge in [-0.2, -0.15) is 0 Å². The van der Waals surface area contributed by atoms with E-state index in [0.29, 0.717) is 26.2 Å². The molecular weight excluding hydrogens is 447 g/mol. The second-order valence-corrected chi connectivity index (χ2v) is 6.58. The third-order valence-corrected chi connectivity index (χ3v) is 3.26. The second-order valence-electron chi connectivity index (χ2n) is 6.58. The Bertz CT molecular complexity index is 527. The number of carbonyl (C=O) groups excluding carboxylic acids is 1. The molecule has 0 fully saturated rings. The average molecular weight is 480 g/mol. The summed E-state index contributed by atoms with van der Waals surface area (Å²) in [5.74, 6) is 1.65. The number of guanidine groups is 1. The maximum Gasteiger partial charge on any atom is 0.410 e. The highest BCUT2D eigenvalue weighted by atomic mass is 127. The number of carbonyl (C=O) groups is 1. The molecule has 1 heterocycles. The first-order valence-corrected chi connectivity index (χ1v) is 8.88. The van der Waals surface area contributed by atoms with Crippen molar-refractivity contribution in [3.63, 3.8) is 0 Å². The average Bonchev–Trinajstić information content (AvgIpc) is 3.03. The molecule has 1 amide bonds. The number of amides is 1. The number of rotatable bonds is 8. The number of aliphatic imine (C=N–C) groups is 1. The molecule has 0 bridgehead atoms. The fourth-order valence-corrected chi connectivity index (χ4v) is 2.09. The lowest BCUT2D eigenvalue weighted by Gasteiger charge is -2.26. The molecule has 150 valence electrons. The zero-order valence-corrected chi connectivity index (χ0v) is 18.8. The topological polar surface area (TPSA) is 79.1 Å². The minimum Gasteiger partial charge on any atom is -0.469 e. The lowest BCUT2D eigenvalue weighted by Crippen LogP contribution is -2.44. The molecule has 0 aliphatic carbocycles. The minimum absolute atomic E-state index is 0. The fraction of sp³-hybridized carbons (Fsp3) is 0.667. The van der Waals surface area contributed by atoms with Gasteiger partial charge < -0.3 is 24.7 Å². The standard InChI is InChI=1S/C18H32N4O3.HI/c1-6-19-16(20-11-10-15-9-8-14-24-15)21-12-13-22(7-2)17(23)25-18(3,4)5;/h8-9,14H,6-7,10-13H2,1-5H3,(H2,19,20,21);1H. The highest BCUT2D eigenvalue weighted by Gasteiger charge is 2.20. The third kappa shape index (κ3) is 10.5. The van der Waals surface area contributed by atoms with Crippen LogP contribution >= 0.6 is 24.0 Å². The molecule has 0 atom stereocenters. The Hall–Kier alpha value is -1.45.